The highest BCUT2D eigenvalue weighted by molar-refractivity contribution is 5.27. The summed E-state index contributed by atoms with van der Waals surface area (Å²) in [5, 5.41) is 14.0. The Morgan fingerprint density at radius 2 is 1.74 bits per heavy atom. The molecule has 0 spiro atoms. The lowest BCUT2D eigenvalue weighted by Crippen LogP contribution is -2.50. The van der Waals surface area contributed by atoms with Crippen molar-refractivity contribution in [1.29, 1.82) is 0 Å². The molecule has 4 nitrogen and oxygen atoms in total. The van der Waals surface area contributed by atoms with E-state index >= 15 is 0 Å². The summed E-state index contributed by atoms with van der Waals surface area (Å²) in [6, 6.07) is 18.9. The quantitative estimate of drug-likeness (QED) is 0.563. The van der Waals surface area contributed by atoms with Crippen molar-refractivity contribution in [2.45, 2.75) is 65.2 Å². The summed E-state index contributed by atoms with van der Waals surface area (Å²) < 4.78 is 11.8. The fourth-order valence-corrected chi connectivity index (χ4v) is 4.99. The van der Waals surface area contributed by atoms with Crippen LogP contribution in [0.4, 0.5) is 0 Å². The van der Waals surface area contributed by atoms with Crippen LogP contribution in [0.25, 0.3) is 0 Å². The summed E-state index contributed by atoms with van der Waals surface area (Å²) in [5.41, 5.74) is 2.39. The zero-order valence-corrected chi connectivity index (χ0v) is 19.6. The van der Waals surface area contributed by atoms with Crippen LogP contribution in [0, 0.1) is 11.3 Å². The van der Waals surface area contributed by atoms with E-state index < -0.39 is 0 Å². The lowest BCUT2D eigenvalue weighted by atomic mass is 9.63. The first-order valence-corrected chi connectivity index (χ1v) is 11.6. The number of hydrogen-bond donors (Lipinski definition) is 2. The third-order valence-corrected chi connectivity index (χ3v) is 6.37. The molecule has 1 saturated heterocycles. The van der Waals surface area contributed by atoms with Crippen LogP contribution >= 0.6 is 0 Å². The lowest BCUT2D eigenvalue weighted by Gasteiger charge is -2.49. The van der Waals surface area contributed by atoms with E-state index in [1.54, 1.807) is 0 Å². The van der Waals surface area contributed by atoms with E-state index in [0.29, 0.717) is 0 Å². The maximum atomic E-state index is 10.4. The molecule has 3 rings (SSSR count). The molecule has 1 aliphatic rings. The molecule has 0 aliphatic carbocycles. The van der Waals surface area contributed by atoms with Gasteiger partial charge in [-0.1, -0.05) is 42.5 Å². The summed E-state index contributed by atoms with van der Waals surface area (Å²) in [4.78, 5) is 0. The smallest absolute Gasteiger partial charge is 0.119 e. The van der Waals surface area contributed by atoms with E-state index in [2.05, 4.69) is 61.6 Å². The van der Waals surface area contributed by atoms with Crippen molar-refractivity contribution in [1.82, 2.24) is 5.32 Å². The maximum Gasteiger partial charge on any atom is 0.119 e. The number of rotatable bonds is 10. The second-order valence-electron chi connectivity index (χ2n) is 9.88. The summed E-state index contributed by atoms with van der Waals surface area (Å²) in [7, 11) is 0. The summed E-state index contributed by atoms with van der Waals surface area (Å²) >= 11 is 0. The van der Waals surface area contributed by atoms with Crippen molar-refractivity contribution in [3.8, 4) is 5.75 Å². The molecule has 2 atom stereocenters. The number of aliphatic hydroxyl groups is 1. The van der Waals surface area contributed by atoms with Gasteiger partial charge in [0.1, 0.15) is 5.75 Å². The Morgan fingerprint density at radius 3 is 2.35 bits per heavy atom. The van der Waals surface area contributed by atoms with Gasteiger partial charge >= 0.3 is 0 Å². The van der Waals surface area contributed by atoms with Gasteiger partial charge in [0.2, 0.25) is 0 Å². The van der Waals surface area contributed by atoms with Crippen molar-refractivity contribution in [3.05, 3.63) is 65.7 Å². The zero-order chi connectivity index (χ0) is 22.3. The molecule has 0 unspecified atom stereocenters. The molecule has 0 saturated carbocycles. The van der Waals surface area contributed by atoms with Gasteiger partial charge in [-0.3, -0.25) is 0 Å². The standard InChI is InChI=1S/C27H39NO3/c1-21(2)31-25-12-10-23(11-13-25)17-28-18-24(19-29)27(14-15-30-26(3,4)20-27)16-22-8-6-5-7-9-22/h5-13,21,24,28-29H,14-20H2,1-4H3/t24-,27+/m1/s1. The van der Waals surface area contributed by atoms with Crippen molar-refractivity contribution in [3.63, 3.8) is 0 Å². The molecule has 0 bridgehead atoms. The molecule has 170 valence electrons. The first-order valence-electron chi connectivity index (χ1n) is 11.6. The van der Waals surface area contributed by atoms with E-state index in [9.17, 15) is 5.11 Å². The molecule has 2 aromatic rings. The van der Waals surface area contributed by atoms with Crippen LogP contribution in [0.3, 0.4) is 0 Å². The molecule has 0 amide bonds. The van der Waals surface area contributed by atoms with Crippen molar-refractivity contribution < 1.29 is 14.6 Å². The monoisotopic (exact) mass is 425 g/mol. The first kappa shape index (κ1) is 23.8. The van der Waals surface area contributed by atoms with Gasteiger partial charge in [0.15, 0.2) is 0 Å². The van der Waals surface area contributed by atoms with Gasteiger partial charge in [-0.25, -0.2) is 0 Å². The molecule has 31 heavy (non-hydrogen) atoms. The number of hydrogen-bond acceptors (Lipinski definition) is 4. The average molecular weight is 426 g/mol. The van der Waals surface area contributed by atoms with Gasteiger partial charge in [-0.2, -0.15) is 0 Å². The second-order valence-corrected chi connectivity index (χ2v) is 9.88. The van der Waals surface area contributed by atoms with Crippen LogP contribution in [-0.4, -0.2) is 36.6 Å². The van der Waals surface area contributed by atoms with Gasteiger partial charge < -0.3 is 19.9 Å². The number of benzene rings is 2. The van der Waals surface area contributed by atoms with E-state index in [-0.39, 0.29) is 29.6 Å². The molecular weight excluding hydrogens is 386 g/mol. The topological polar surface area (TPSA) is 50.7 Å². The highest BCUT2D eigenvalue weighted by atomic mass is 16.5. The van der Waals surface area contributed by atoms with Crippen LogP contribution in [0.5, 0.6) is 5.75 Å². The molecule has 1 heterocycles. The zero-order valence-electron chi connectivity index (χ0n) is 19.6. The van der Waals surface area contributed by atoms with Gasteiger partial charge in [-0.15, -0.1) is 0 Å². The lowest BCUT2D eigenvalue weighted by molar-refractivity contribution is -0.127. The van der Waals surface area contributed by atoms with Crippen molar-refractivity contribution in [2.75, 3.05) is 19.8 Å². The van der Waals surface area contributed by atoms with Gasteiger partial charge in [0, 0.05) is 32.2 Å². The summed E-state index contributed by atoms with van der Waals surface area (Å²) in [6.07, 6.45) is 3.07. The predicted molar refractivity (Wildman–Crippen MR) is 126 cm³/mol. The van der Waals surface area contributed by atoms with Gasteiger partial charge in [0.05, 0.1) is 11.7 Å². The number of ether oxygens (including phenoxy) is 2. The summed E-state index contributed by atoms with van der Waals surface area (Å²) in [5.74, 6) is 1.07. The molecule has 0 radical (unpaired) electrons. The van der Waals surface area contributed by atoms with Gasteiger partial charge in [-0.05, 0) is 75.6 Å². The minimum absolute atomic E-state index is 0.0137. The van der Waals surface area contributed by atoms with Crippen LogP contribution in [0.2, 0.25) is 0 Å². The van der Waals surface area contributed by atoms with Crippen LogP contribution in [0.1, 0.15) is 51.7 Å². The molecule has 0 aromatic heterocycles. The van der Waals surface area contributed by atoms with E-state index in [0.717, 1.165) is 44.7 Å². The highest BCUT2D eigenvalue weighted by Gasteiger charge is 2.45. The first-order chi connectivity index (χ1) is 14.8. The minimum Gasteiger partial charge on any atom is -0.491 e. The molecule has 2 aromatic carbocycles. The Balaban J connectivity index is 1.67. The summed E-state index contributed by atoms with van der Waals surface area (Å²) in [6.45, 7) is 10.9. The normalized spacial score (nSPS) is 21.7. The minimum atomic E-state index is -0.174. The highest BCUT2D eigenvalue weighted by Crippen LogP contribution is 2.46. The Morgan fingerprint density at radius 1 is 1.03 bits per heavy atom. The molecule has 4 heteroatoms. The number of aliphatic hydroxyl groups excluding tert-OH is 1. The third-order valence-electron chi connectivity index (χ3n) is 6.37. The second kappa shape index (κ2) is 10.6. The molecule has 2 N–H and O–H groups in total. The molecule has 1 aliphatic heterocycles. The largest absolute Gasteiger partial charge is 0.491 e. The molecular formula is C27H39NO3. The van der Waals surface area contributed by atoms with Crippen LogP contribution in [0.15, 0.2) is 54.6 Å². The Kier molecular flexibility index (Phi) is 8.15. The molecule has 1 fully saturated rings. The Labute approximate surface area is 188 Å². The van der Waals surface area contributed by atoms with Crippen LogP contribution < -0.4 is 10.1 Å². The Hall–Kier alpha value is -1.88. The Bertz CT molecular complexity index is 788. The van der Waals surface area contributed by atoms with E-state index in [1.165, 1.54) is 11.1 Å². The maximum absolute atomic E-state index is 10.4. The SMILES string of the molecule is CC(C)Oc1ccc(CNC[C@H](CO)[C@]2(Cc3ccccc3)CCOC(C)(C)C2)cc1. The fraction of sp³-hybridized carbons (Fsp3) is 0.556. The average Bonchev–Trinajstić information content (AvgIpc) is 2.72. The van der Waals surface area contributed by atoms with Crippen molar-refractivity contribution >= 4 is 0 Å². The predicted octanol–water partition coefficient (Wildman–Crippen LogP) is 4.99. The fourth-order valence-electron chi connectivity index (χ4n) is 4.99. The number of nitrogens with one attached hydrogen (secondary N) is 1. The van der Waals surface area contributed by atoms with Crippen LogP contribution in [-0.2, 0) is 17.7 Å². The third kappa shape index (κ3) is 6.80. The van der Waals surface area contributed by atoms with E-state index in [1.807, 2.05) is 26.0 Å². The van der Waals surface area contributed by atoms with Gasteiger partial charge in [0.25, 0.3) is 0 Å². The van der Waals surface area contributed by atoms with Crippen molar-refractivity contribution in [2.24, 2.45) is 11.3 Å². The van der Waals surface area contributed by atoms with E-state index in [4.69, 9.17) is 9.47 Å².